The molecule has 1 aliphatic rings. The van der Waals surface area contributed by atoms with E-state index in [0.717, 1.165) is 54.8 Å². The van der Waals surface area contributed by atoms with Gasteiger partial charge in [-0.05, 0) is 36.8 Å². The first-order valence-corrected chi connectivity index (χ1v) is 11.1. The van der Waals surface area contributed by atoms with Crippen LogP contribution in [0.15, 0.2) is 36.4 Å². The molecule has 0 unspecified atom stereocenters. The van der Waals surface area contributed by atoms with Crippen LogP contribution in [0.2, 0.25) is 0 Å². The van der Waals surface area contributed by atoms with Crippen LogP contribution >= 0.6 is 11.3 Å². The SMILES string of the molecule is O=C(c1ccc(C(F)(F)F)cc1)N(CCCN1CCOCC1)c1nc2c(F)cc(F)cc2s1. The van der Waals surface area contributed by atoms with Gasteiger partial charge in [-0.1, -0.05) is 11.3 Å². The van der Waals surface area contributed by atoms with Crippen molar-refractivity contribution in [1.29, 1.82) is 0 Å². The van der Waals surface area contributed by atoms with Gasteiger partial charge in [-0.3, -0.25) is 14.6 Å². The molecule has 176 valence electrons. The summed E-state index contributed by atoms with van der Waals surface area (Å²) in [4.78, 5) is 20.9. The van der Waals surface area contributed by atoms with E-state index in [1.165, 1.54) is 4.90 Å². The van der Waals surface area contributed by atoms with Gasteiger partial charge in [0.15, 0.2) is 10.9 Å². The van der Waals surface area contributed by atoms with E-state index in [1.807, 2.05) is 0 Å². The van der Waals surface area contributed by atoms with Crippen molar-refractivity contribution in [3.8, 4) is 0 Å². The van der Waals surface area contributed by atoms with Gasteiger partial charge >= 0.3 is 6.18 Å². The lowest BCUT2D eigenvalue weighted by Crippen LogP contribution is -2.39. The topological polar surface area (TPSA) is 45.7 Å². The summed E-state index contributed by atoms with van der Waals surface area (Å²) >= 11 is 0.951. The zero-order valence-electron chi connectivity index (χ0n) is 17.4. The van der Waals surface area contributed by atoms with E-state index in [4.69, 9.17) is 4.74 Å². The van der Waals surface area contributed by atoms with Crippen LogP contribution in [0.3, 0.4) is 0 Å². The molecule has 1 saturated heterocycles. The molecule has 0 aliphatic carbocycles. The zero-order chi connectivity index (χ0) is 23.6. The largest absolute Gasteiger partial charge is 0.416 e. The number of ether oxygens (including phenoxy) is 1. The standard InChI is InChI=1S/C22H20F5N3O2S/c23-16-12-17(24)19-18(13-16)33-21(28-19)30(7-1-6-29-8-10-32-11-9-29)20(31)14-2-4-15(5-3-14)22(25,26)27/h2-5,12-13H,1,6-11H2. The minimum Gasteiger partial charge on any atom is -0.379 e. The molecule has 4 rings (SSSR count). The first kappa shape index (κ1) is 23.5. The lowest BCUT2D eigenvalue weighted by molar-refractivity contribution is -0.137. The van der Waals surface area contributed by atoms with E-state index in [-0.39, 0.29) is 27.5 Å². The van der Waals surface area contributed by atoms with E-state index in [9.17, 15) is 26.7 Å². The summed E-state index contributed by atoms with van der Waals surface area (Å²) in [5, 5.41) is 0.154. The number of thiazole rings is 1. The van der Waals surface area contributed by atoms with Crippen molar-refractivity contribution in [2.75, 3.05) is 44.3 Å². The third kappa shape index (κ3) is 5.48. The van der Waals surface area contributed by atoms with E-state index < -0.39 is 29.3 Å². The van der Waals surface area contributed by atoms with Gasteiger partial charge in [-0.2, -0.15) is 13.2 Å². The predicted octanol–water partition coefficient (Wildman–Crippen LogP) is 4.96. The van der Waals surface area contributed by atoms with Crippen LogP contribution in [-0.2, 0) is 10.9 Å². The van der Waals surface area contributed by atoms with Gasteiger partial charge in [0.05, 0.1) is 23.5 Å². The number of hydrogen-bond acceptors (Lipinski definition) is 5. The fourth-order valence-corrected chi connectivity index (χ4v) is 4.61. The predicted molar refractivity (Wildman–Crippen MR) is 115 cm³/mol. The van der Waals surface area contributed by atoms with E-state index in [1.54, 1.807) is 0 Å². The Hall–Kier alpha value is -2.63. The molecule has 0 spiro atoms. The maximum absolute atomic E-state index is 14.2. The van der Waals surface area contributed by atoms with Crippen LogP contribution in [0.25, 0.3) is 10.2 Å². The quantitative estimate of drug-likeness (QED) is 0.463. The number of amides is 1. The molecule has 0 N–H and O–H groups in total. The van der Waals surface area contributed by atoms with Crippen molar-refractivity contribution in [1.82, 2.24) is 9.88 Å². The molecule has 0 radical (unpaired) electrons. The monoisotopic (exact) mass is 485 g/mol. The average Bonchev–Trinajstić information content (AvgIpc) is 3.20. The van der Waals surface area contributed by atoms with Crippen molar-refractivity contribution in [2.45, 2.75) is 12.6 Å². The van der Waals surface area contributed by atoms with E-state index in [0.29, 0.717) is 32.2 Å². The Kier molecular flexibility index (Phi) is 6.91. The molecule has 1 aromatic heterocycles. The Balaban J connectivity index is 1.60. The fourth-order valence-electron chi connectivity index (χ4n) is 3.58. The van der Waals surface area contributed by atoms with Crippen molar-refractivity contribution in [2.24, 2.45) is 0 Å². The smallest absolute Gasteiger partial charge is 0.379 e. The molecule has 5 nitrogen and oxygen atoms in total. The maximum Gasteiger partial charge on any atom is 0.416 e. The first-order valence-electron chi connectivity index (χ1n) is 10.3. The molecular formula is C22H20F5N3O2S. The Morgan fingerprint density at radius 1 is 1.12 bits per heavy atom. The summed E-state index contributed by atoms with van der Waals surface area (Å²) in [6.45, 7) is 3.65. The Bertz CT molecular complexity index is 1130. The highest BCUT2D eigenvalue weighted by Gasteiger charge is 2.31. The van der Waals surface area contributed by atoms with E-state index in [2.05, 4.69) is 9.88 Å². The van der Waals surface area contributed by atoms with Gasteiger partial charge in [0.25, 0.3) is 5.91 Å². The molecule has 0 saturated carbocycles. The minimum atomic E-state index is -4.52. The third-order valence-electron chi connectivity index (χ3n) is 5.30. The summed E-state index contributed by atoms with van der Waals surface area (Å²) in [5.41, 5.74) is -0.884. The fraction of sp³-hybridized carbons (Fsp3) is 0.364. The van der Waals surface area contributed by atoms with Gasteiger partial charge in [0, 0.05) is 37.8 Å². The molecule has 1 aliphatic heterocycles. The second-order valence-corrected chi connectivity index (χ2v) is 8.58. The van der Waals surface area contributed by atoms with Crippen molar-refractivity contribution < 1.29 is 31.5 Å². The van der Waals surface area contributed by atoms with E-state index >= 15 is 0 Å². The van der Waals surface area contributed by atoms with Crippen LogP contribution in [0.4, 0.5) is 27.1 Å². The first-order chi connectivity index (χ1) is 15.7. The summed E-state index contributed by atoms with van der Waals surface area (Å²) in [6.07, 6.45) is -3.97. The molecular weight excluding hydrogens is 465 g/mol. The number of fused-ring (bicyclic) bond motifs is 1. The van der Waals surface area contributed by atoms with Crippen molar-refractivity contribution >= 4 is 32.6 Å². The molecule has 3 aromatic rings. The normalized spacial score (nSPS) is 15.2. The highest BCUT2D eigenvalue weighted by atomic mass is 32.1. The summed E-state index contributed by atoms with van der Waals surface area (Å²) in [6, 6.07) is 5.74. The molecule has 2 aromatic carbocycles. The minimum absolute atomic E-state index is 0.0419. The van der Waals surface area contributed by atoms with Gasteiger partial charge < -0.3 is 4.74 Å². The van der Waals surface area contributed by atoms with Gasteiger partial charge in [-0.15, -0.1) is 0 Å². The second-order valence-electron chi connectivity index (χ2n) is 7.57. The number of carbonyl (C=O) groups is 1. The van der Waals surface area contributed by atoms with Crippen LogP contribution in [0, 0.1) is 11.6 Å². The molecule has 33 heavy (non-hydrogen) atoms. The lowest BCUT2D eigenvalue weighted by Gasteiger charge is -2.27. The molecule has 11 heteroatoms. The summed E-state index contributed by atoms with van der Waals surface area (Å²) in [7, 11) is 0. The number of halogens is 5. The van der Waals surface area contributed by atoms with Crippen LogP contribution in [-0.4, -0.2) is 55.2 Å². The number of benzene rings is 2. The number of anilines is 1. The van der Waals surface area contributed by atoms with Gasteiger partial charge in [0.2, 0.25) is 0 Å². The molecule has 1 fully saturated rings. The summed E-state index contributed by atoms with van der Waals surface area (Å²) in [5.74, 6) is -2.17. The van der Waals surface area contributed by atoms with Gasteiger partial charge in [0.1, 0.15) is 11.3 Å². The van der Waals surface area contributed by atoms with Crippen LogP contribution < -0.4 is 4.90 Å². The highest BCUT2D eigenvalue weighted by Crippen LogP contribution is 2.33. The van der Waals surface area contributed by atoms with Gasteiger partial charge in [-0.25, -0.2) is 13.8 Å². The molecule has 1 amide bonds. The number of nitrogens with zero attached hydrogens (tertiary/aromatic N) is 3. The number of hydrogen-bond donors (Lipinski definition) is 0. The number of rotatable bonds is 6. The molecule has 2 heterocycles. The van der Waals surface area contributed by atoms with Crippen molar-refractivity contribution in [3.05, 3.63) is 59.2 Å². The van der Waals surface area contributed by atoms with Crippen molar-refractivity contribution in [3.63, 3.8) is 0 Å². The molecule has 0 atom stereocenters. The average molecular weight is 485 g/mol. The second kappa shape index (κ2) is 9.70. The lowest BCUT2D eigenvalue weighted by atomic mass is 10.1. The molecule has 0 bridgehead atoms. The zero-order valence-corrected chi connectivity index (χ0v) is 18.2. The Labute approximate surface area is 190 Å². The van der Waals surface area contributed by atoms with Crippen LogP contribution in [0.5, 0.6) is 0 Å². The van der Waals surface area contributed by atoms with Crippen LogP contribution in [0.1, 0.15) is 22.3 Å². The highest BCUT2D eigenvalue weighted by molar-refractivity contribution is 7.22. The maximum atomic E-state index is 14.2. The number of morpholine rings is 1. The Morgan fingerprint density at radius 2 is 1.82 bits per heavy atom. The third-order valence-corrected chi connectivity index (χ3v) is 6.32. The Morgan fingerprint density at radius 3 is 2.48 bits per heavy atom. The number of aromatic nitrogens is 1. The number of carbonyl (C=O) groups excluding carboxylic acids is 1. The number of alkyl halides is 3. The summed E-state index contributed by atoms with van der Waals surface area (Å²) < 4.78 is 72.0.